The number of halogens is 1. The normalized spacial score (nSPS) is 10.5. The molecule has 2 aromatic carbocycles. The van der Waals surface area contributed by atoms with Crippen molar-refractivity contribution >= 4 is 23.7 Å². The van der Waals surface area contributed by atoms with Gasteiger partial charge in [-0.1, -0.05) is 29.8 Å². The van der Waals surface area contributed by atoms with Crippen LogP contribution in [0.3, 0.4) is 0 Å². The van der Waals surface area contributed by atoms with E-state index in [0.29, 0.717) is 16.3 Å². The van der Waals surface area contributed by atoms with Gasteiger partial charge in [0.25, 0.3) is 5.91 Å². The zero-order valence-corrected chi connectivity index (χ0v) is 11.6. The van der Waals surface area contributed by atoms with Gasteiger partial charge in [0.1, 0.15) is 5.75 Å². The molecule has 0 spiro atoms. The quantitative estimate of drug-likeness (QED) is 0.694. The lowest BCUT2D eigenvalue weighted by molar-refractivity contribution is 0.0955. The summed E-state index contributed by atoms with van der Waals surface area (Å²) in [5.74, 6) is 0.318. The van der Waals surface area contributed by atoms with E-state index >= 15 is 0 Å². The molecule has 0 radical (unpaired) electrons. The lowest BCUT2D eigenvalue weighted by Crippen LogP contribution is -2.17. The molecule has 0 saturated carbocycles. The Bertz CT molecular complexity index is 641. The fourth-order valence-corrected chi connectivity index (χ4v) is 1.78. The summed E-state index contributed by atoms with van der Waals surface area (Å²) < 4.78 is 5.06. The highest BCUT2D eigenvalue weighted by Gasteiger charge is 2.04. The molecule has 0 fully saturated rings. The Hall–Kier alpha value is -2.33. The van der Waals surface area contributed by atoms with Crippen LogP contribution in [0.1, 0.15) is 15.9 Å². The molecular weight excluding hydrogens is 276 g/mol. The summed E-state index contributed by atoms with van der Waals surface area (Å²) in [7, 11) is 1.55. The molecule has 0 heterocycles. The van der Waals surface area contributed by atoms with E-state index < -0.39 is 0 Å². The van der Waals surface area contributed by atoms with Gasteiger partial charge < -0.3 is 4.74 Å². The molecule has 1 N–H and O–H groups in total. The molecule has 0 atom stereocenters. The molecule has 2 rings (SSSR count). The van der Waals surface area contributed by atoms with Crippen LogP contribution in [0.2, 0.25) is 5.02 Å². The molecule has 0 unspecified atom stereocenters. The first kappa shape index (κ1) is 14.1. The first-order valence-corrected chi connectivity index (χ1v) is 6.30. The number of hydrazone groups is 1. The first-order valence-electron chi connectivity index (χ1n) is 5.92. The molecule has 2 aromatic rings. The van der Waals surface area contributed by atoms with Gasteiger partial charge in [-0.15, -0.1) is 0 Å². The van der Waals surface area contributed by atoms with Crippen LogP contribution in [0.5, 0.6) is 5.75 Å². The van der Waals surface area contributed by atoms with Gasteiger partial charge in [-0.3, -0.25) is 4.79 Å². The van der Waals surface area contributed by atoms with Gasteiger partial charge in [-0.2, -0.15) is 5.10 Å². The smallest absolute Gasteiger partial charge is 0.271 e. The number of carbonyl (C=O) groups is 1. The Morgan fingerprint density at radius 1 is 1.25 bits per heavy atom. The second kappa shape index (κ2) is 6.73. The fraction of sp³-hybridized carbons (Fsp3) is 0.0667. The van der Waals surface area contributed by atoms with Crippen molar-refractivity contribution in [3.63, 3.8) is 0 Å². The number of hydrogen-bond acceptors (Lipinski definition) is 3. The van der Waals surface area contributed by atoms with Crippen LogP contribution in [-0.4, -0.2) is 19.2 Å². The molecule has 0 saturated heterocycles. The van der Waals surface area contributed by atoms with Crippen molar-refractivity contribution in [2.24, 2.45) is 5.10 Å². The monoisotopic (exact) mass is 288 g/mol. The summed E-state index contributed by atoms with van der Waals surface area (Å²) in [6.07, 6.45) is 1.53. The summed E-state index contributed by atoms with van der Waals surface area (Å²) in [6.45, 7) is 0. The van der Waals surface area contributed by atoms with Crippen LogP contribution in [0.25, 0.3) is 0 Å². The van der Waals surface area contributed by atoms with Crippen molar-refractivity contribution in [1.29, 1.82) is 0 Å². The standard InChI is InChI=1S/C15H13ClN2O2/c1-20-14-7-3-5-12(9-14)15(19)18-17-10-11-4-2-6-13(16)8-11/h2-10H,1H3,(H,18,19)/b17-10+. The van der Waals surface area contributed by atoms with Crippen molar-refractivity contribution in [2.75, 3.05) is 7.11 Å². The summed E-state index contributed by atoms with van der Waals surface area (Å²) >= 11 is 5.85. The second-order valence-electron chi connectivity index (χ2n) is 3.99. The van der Waals surface area contributed by atoms with Crippen LogP contribution in [-0.2, 0) is 0 Å². The molecule has 0 aliphatic carbocycles. The maximum atomic E-state index is 11.9. The SMILES string of the molecule is COc1cccc(C(=O)N/N=C/c2cccc(Cl)c2)c1. The van der Waals surface area contributed by atoms with Crippen LogP contribution >= 0.6 is 11.6 Å². The number of nitrogens with zero attached hydrogens (tertiary/aromatic N) is 1. The third-order valence-corrected chi connectivity index (χ3v) is 2.80. The minimum Gasteiger partial charge on any atom is -0.497 e. The van der Waals surface area contributed by atoms with Crippen LogP contribution in [0.4, 0.5) is 0 Å². The molecule has 0 aliphatic heterocycles. The number of rotatable bonds is 4. The third-order valence-electron chi connectivity index (χ3n) is 2.56. The number of carbonyl (C=O) groups excluding carboxylic acids is 1. The van der Waals surface area contributed by atoms with E-state index in [4.69, 9.17) is 16.3 Å². The van der Waals surface area contributed by atoms with Crippen molar-refractivity contribution < 1.29 is 9.53 Å². The van der Waals surface area contributed by atoms with Gasteiger partial charge in [0.2, 0.25) is 0 Å². The highest BCUT2D eigenvalue weighted by atomic mass is 35.5. The minimum absolute atomic E-state index is 0.304. The Balaban J connectivity index is 2.01. The molecule has 0 bridgehead atoms. The Morgan fingerprint density at radius 3 is 2.80 bits per heavy atom. The van der Waals surface area contributed by atoms with Gasteiger partial charge in [0.05, 0.1) is 13.3 Å². The van der Waals surface area contributed by atoms with E-state index in [9.17, 15) is 4.79 Å². The predicted octanol–water partition coefficient (Wildman–Crippen LogP) is 3.11. The van der Waals surface area contributed by atoms with Gasteiger partial charge in [-0.25, -0.2) is 5.43 Å². The highest BCUT2D eigenvalue weighted by Crippen LogP contribution is 2.12. The van der Waals surface area contributed by atoms with Gasteiger partial charge in [-0.05, 0) is 35.9 Å². The summed E-state index contributed by atoms with van der Waals surface area (Å²) in [5, 5.41) is 4.51. The maximum absolute atomic E-state index is 11.9. The molecule has 0 aromatic heterocycles. The Kier molecular flexibility index (Phi) is 4.74. The van der Waals surface area contributed by atoms with E-state index in [0.717, 1.165) is 5.56 Å². The third kappa shape index (κ3) is 3.83. The number of amides is 1. The van der Waals surface area contributed by atoms with E-state index in [1.165, 1.54) is 6.21 Å². The zero-order chi connectivity index (χ0) is 14.4. The lowest BCUT2D eigenvalue weighted by Gasteiger charge is -2.02. The number of nitrogens with one attached hydrogen (secondary N) is 1. The minimum atomic E-state index is -0.304. The van der Waals surface area contributed by atoms with Crippen molar-refractivity contribution in [1.82, 2.24) is 5.43 Å². The molecule has 5 heteroatoms. The zero-order valence-electron chi connectivity index (χ0n) is 10.8. The second-order valence-corrected chi connectivity index (χ2v) is 4.42. The van der Waals surface area contributed by atoms with E-state index in [1.54, 1.807) is 43.5 Å². The molecule has 1 amide bonds. The molecule has 4 nitrogen and oxygen atoms in total. The molecule has 20 heavy (non-hydrogen) atoms. The number of hydrogen-bond donors (Lipinski definition) is 1. The number of benzene rings is 2. The van der Waals surface area contributed by atoms with Gasteiger partial charge in [0.15, 0.2) is 0 Å². The van der Waals surface area contributed by atoms with Crippen molar-refractivity contribution in [2.45, 2.75) is 0 Å². The van der Waals surface area contributed by atoms with Crippen LogP contribution in [0.15, 0.2) is 53.6 Å². The fourth-order valence-electron chi connectivity index (χ4n) is 1.58. The van der Waals surface area contributed by atoms with E-state index in [1.807, 2.05) is 12.1 Å². The van der Waals surface area contributed by atoms with Crippen molar-refractivity contribution in [3.8, 4) is 5.75 Å². The highest BCUT2D eigenvalue weighted by molar-refractivity contribution is 6.30. The van der Waals surface area contributed by atoms with Gasteiger partial charge in [0, 0.05) is 10.6 Å². The Labute approximate surface area is 122 Å². The topological polar surface area (TPSA) is 50.7 Å². The molecule has 0 aliphatic rings. The average Bonchev–Trinajstić information content (AvgIpc) is 2.47. The first-order chi connectivity index (χ1) is 9.69. The van der Waals surface area contributed by atoms with Crippen LogP contribution in [0, 0.1) is 0 Å². The van der Waals surface area contributed by atoms with Crippen molar-refractivity contribution in [3.05, 3.63) is 64.7 Å². The summed E-state index contributed by atoms with van der Waals surface area (Å²) in [5.41, 5.74) is 3.74. The number of methoxy groups -OCH3 is 1. The summed E-state index contributed by atoms with van der Waals surface area (Å²) in [4.78, 5) is 11.9. The molecular formula is C15H13ClN2O2. The van der Waals surface area contributed by atoms with Crippen LogP contribution < -0.4 is 10.2 Å². The van der Waals surface area contributed by atoms with E-state index in [2.05, 4.69) is 10.5 Å². The average molecular weight is 289 g/mol. The van der Waals surface area contributed by atoms with Gasteiger partial charge >= 0.3 is 0 Å². The number of ether oxygens (including phenoxy) is 1. The maximum Gasteiger partial charge on any atom is 0.271 e. The lowest BCUT2D eigenvalue weighted by atomic mass is 10.2. The van der Waals surface area contributed by atoms with E-state index in [-0.39, 0.29) is 5.91 Å². The predicted molar refractivity (Wildman–Crippen MR) is 79.5 cm³/mol. The summed E-state index contributed by atoms with van der Waals surface area (Å²) in [6, 6.07) is 14.0. The largest absolute Gasteiger partial charge is 0.497 e. The molecule has 102 valence electrons. The Morgan fingerprint density at radius 2 is 2.05 bits per heavy atom.